The number of imide groups is 1. The number of halogens is 1. The molecule has 0 unspecified atom stereocenters. The van der Waals surface area contributed by atoms with Gasteiger partial charge < -0.3 is 15.5 Å². The summed E-state index contributed by atoms with van der Waals surface area (Å²) in [7, 11) is 1.60. The van der Waals surface area contributed by atoms with E-state index < -0.39 is 35.7 Å². The minimum absolute atomic E-state index is 0.326. The number of anilines is 1. The van der Waals surface area contributed by atoms with Crippen LogP contribution in [-0.4, -0.2) is 59.2 Å². The highest BCUT2D eigenvalue weighted by Gasteiger charge is 2.55. The fourth-order valence-electron chi connectivity index (χ4n) is 3.79. The van der Waals surface area contributed by atoms with Gasteiger partial charge in [0.25, 0.3) is 5.91 Å². The third-order valence-electron chi connectivity index (χ3n) is 5.36. The second-order valence-electron chi connectivity index (χ2n) is 7.16. The van der Waals surface area contributed by atoms with Gasteiger partial charge in [-0.1, -0.05) is 19.3 Å². The fraction of sp³-hybridized carbons (Fsp3) is 0.474. The monoisotopic (exact) mass is 390 g/mol. The van der Waals surface area contributed by atoms with Gasteiger partial charge in [-0.2, -0.15) is 0 Å². The molecule has 2 N–H and O–H groups in total. The minimum Gasteiger partial charge on any atom is -0.345 e. The lowest BCUT2D eigenvalue weighted by Gasteiger charge is -2.35. The lowest BCUT2D eigenvalue weighted by atomic mass is 9.81. The molecule has 1 spiro atoms. The molecule has 1 saturated heterocycles. The first-order valence-electron chi connectivity index (χ1n) is 9.25. The Morgan fingerprint density at radius 3 is 2.36 bits per heavy atom. The number of nitrogens with zero attached hydrogens (tertiary/aromatic N) is 2. The van der Waals surface area contributed by atoms with Crippen LogP contribution in [0.5, 0.6) is 0 Å². The number of carbonyl (C=O) groups is 4. The molecule has 3 rings (SSSR count). The highest BCUT2D eigenvalue weighted by molar-refractivity contribution is 6.09. The van der Waals surface area contributed by atoms with Crippen LogP contribution in [0.1, 0.15) is 32.1 Å². The van der Waals surface area contributed by atoms with Crippen molar-refractivity contribution < 1.29 is 23.6 Å². The summed E-state index contributed by atoms with van der Waals surface area (Å²) in [6, 6.07) is 4.72. The molecule has 0 radical (unpaired) electrons. The number of urea groups is 1. The number of likely N-dealkylation sites (N-methyl/N-ethyl adjacent to an activating group) is 1. The van der Waals surface area contributed by atoms with Crippen LogP contribution in [0, 0.1) is 5.82 Å². The molecule has 150 valence electrons. The molecule has 2 aliphatic rings. The SMILES string of the molecule is CN1C(=O)N(CC(=O)NCC(=O)Nc2ccc(F)cc2)C(=O)C12CCCCC2. The van der Waals surface area contributed by atoms with Gasteiger partial charge in [0.05, 0.1) is 6.54 Å². The standard InChI is InChI=1S/C19H23FN4O4/c1-23-18(28)24(17(27)19(23)9-3-2-4-10-19)12-16(26)21-11-15(25)22-14-7-5-13(20)6-8-14/h5-8H,2-4,9-12H2,1H3,(H,21,26)(H,22,25). The van der Waals surface area contributed by atoms with E-state index in [1.54, 1.807) is 7.05 Å². The predicted molar refractivity (Wildman–Crippen MR) is 98.7 cm³/mol. The van der Waals surface area contributed by atoms with E-state index >= 15 is 0 Å². The molecule has 0 atom stereocenters. The van der Waals surface area contributed by atoms with Crippen molar-refractivity contribution >= 4 is 29.4 Å². The lowest BCUT2D eigenvalue weighted by Crippen LogP contribution is -2.49. The van der Waals surface area contributed by atoms with Crippen LogP contribution in [-0.2, 0) is 14.4 Å². The van der Waals surface area contributed by atoms with E-state index in [0.29, 0.717) is 18.5 Å². The summed E-state index contributed by atoms with van der Waals surface area (Å²) in [4.78, 5) is 51.7. The maximum Gasteiger partial charge on any atom is 0.327 e. The number of amides is 5. The molecule has 0 aromatic heterocycles. The zero-order valence-electron chi connectivity index (χ0n) is 15.7. The molecule has 0 bridgehead atoms. The van der Waals surface area contributed by atoms with Crippen LogP contribution in [0.15, 0.2) is 24.3 Å². The normalized spacial score (nSPS) is 18.5. The molecule has 8 nitrogen and oxygen atoms in total. The maximum absolute atomic E-state index is 12.9. The van der Waals surface area contributed by atoms with E-state index in [2.05, 4.69) is 10.6 Å². The third kappa shape index (κ3) is 3.83. The van der Waals surface area contributed by atoms with E-state index in [1.165, 1.54) is 29.2 Å². The Morgan fingerprint density at radius 2 is 1.71 bits per heavy atom. The minimum atomic E-state index is -0.838. The van der Waals surface area contributed by atoms with E-state index in [1.807, 2.05) is 0 Å². The topological polar surface area (TPSA) is 98.8 Å². The lowest BCUT2D eigenvalue weighted by molar-refractivity contribution is -0.137. The Bertz CT molecular complexity index is 790. The molecule has 5 amide bonds. The van der Waals surface area contributed by atoms with Gasteiger partial charge in [-0.25, -0.2) is 9.18 Å². The smallest absolute Gasteiger partial charge is 0.327 e. The number of benzene rings is 1. The molecule has 9 heteroatoms. The van der Waals surface area contributed by atoms with E-state index in [0.717, 1.165) is 24.2 Å². The first-order chi connectivity index (χ1) is 13.3. The van der Waals surface area contributed by atoms with Crippen LogP contribution >= 0.6 is 0 Å². The second-order valence-corrected chi connectivity index (χ2v) is 7.16. The van der Waals surface area contributed by atoms with Gasteiger partial charge in [0.1, 0.15) is 17.9 Å². The number of hydrogen-bond acceptors (Lipinski definition) is 4. The molecule has 2 fully saturated rings. The Morgan fingerprint density at radius 1 is 1.07 bits per heavy atom. The molecule has 1 saturated carbocycles. The van der Waals surface area contributed by atoms with Crippen molar-refractivity contribution in [3.05, 3.63) is 30.1 Å². The van der Waals surface area contributed by atoms with Gasteiger partial charge in [0, 0.05) is 12.7 Å². The molecular formula is C19H23FN4O4. The molecule has 1 heterocycles. The highest BCUT2D eigenvalue weighted by atomic mass is 19.1. The number of hydrogen-bond donors (Lipinski definition) is 2. The summed E-state index contributed by atoms with van der Waals surface area (Å²) in [5.74, 6) is -1.87. The molecule has 1 aliphatic carbocycles. The van der Waals surface area contributed by atoms with Crippen molar-refractivity contribution in [3.63, 3.8) is 0 Å². The molecule has 1 aromatic rings. The number of rotatable bonds is 5. The van der Waals surface area contributed by atoms with Crippen molar-refractivity contribution in [2.75, 3.05) is 25.5 Å². The van der Waals surface area contributed by atoms with Crippen LogP contribution in [0.2, 0.25) is 0 Å². The Balaban J connectivity index is 1.53. The van der Waals surface area contributed by atoms with E-state index in [9.17, 15) is 23.6 Å². The van der Waals surface area contributed by atoms with E-state index in [4.69, 9.17) is 0 Å². The van der Waals surface area contributed by atoms with Gasteiger partial charge in [0.2, 0.25) is 11.8 Å². The van der Waals surface area contributed by atoms with Gasteiger partial charge >= 0.3 is 6.03 Å². The molecule has 1 aromatic carbocycles. The van der Waals surface area contributed by atoms with Crippen molar-refractivity contribution in [1.82, 2.24) is 15.1 Å². The summed E-state index contributed by atoms with van der Waals surface area (Å²) < 4.78 is 12.9. The molecule has 28 heavy (non-hydrogen) atoms. The summed E-state index contributed by atoms with van der Waals surface area (Å²) in [5.41, 5.74) is -0.443. The Kier molecular flexibility index (Phi) is 5.62. The van der Waals surface area contributed by atoms with Crippen LogP contribution < -0.4 is 10.6 Å². The first kappa shape index (κ1) is 19.8. The predicted octanol–water partition coefficient (Wildman–Crippen LogP) is 1.48. The molecule has 1 aliphatic heterocycles. The molecular weight excluding hydrogens is 367 g/mol. The van der Waals surface area contributed by atoms with Crippen molar-refractivity contribution in [2.24, 2.45) is 0 Å². The van der Waals surface area contributed by atoms with Gasteiger partial charge in [-0.3, -0.25) is 19.3 Å². The van der Waals surface area contributed by atoms with Crippen molar-refractivity contribution in [1.29, 1.82) is 0 Å². The van der Waals surface area contributed by atoms with Gasteiger partial charge in [-0.15, -0.1) is 0 Å². The average Bonchev–Trinajstić information content (AvgIpc) is 2.85. The highest BCUT2D eigenvalue weighted by Crippen LogP contribution is 2.39. The first-order valence-corrected chi connectivity index (χ1v) is 9.25. The third-order valence-corrected chi connectivity index (χ3v) is 5.36. The average molecular weight is 390 g/mol. The van der Waals surface area contributed by atoms with Crippen molar-refractivity contribution in [3.8, 4) is 0 Å². The van der Waals surface area contributed by atoms with Crippen LogP contribution in [0.4, 0.5) is 14.9 Å². The zero-order valence-corrected chi connectivity index (χ0v) is 15.7. The fourth-order valence-corrected chi connectivity index (χ4v) is 3.79. The number of carbonyl (C=O) groups excluding carboxylic acids is 4. The zero-order chi connectivity index (χ0) is 20.3. The van der Waals surface area contributed by atoms with Crippen molar-refractivity contribution in [2.45, 2.75) is 37.6 Å². The summed E-state index contributed by atoms with van der Waals surface area (Å²) in [6.07, 6.45) is 3.97. The quantitative estimate of drug-likeness (QED) is 0.744. The van der Waals surface area contributed by atoms with Crippen LogP contribution in [0.3, 0.4) is 0 Å². The maximum atomic E-state index is 12.9. The Hall–Kier alpha value is -2.97. The Labute approximate surface area is 162 Å². The largest absolute Gasteiger partial charge is 0.345 e. The van der Waals surface area contributed by atoms with Crippen LogP contribution in [0.25, 0.3) is 0 Å². The van der Waals surface area contributed by atoms with Gasteiger partial charge in [-0.05, 0) is 37.1 Å². The van der Waals surface area contributed by atoms with Gasteiger partial charge in [0.15, 0.2) is 0 Å². The summed E-state index contributed by atoms with van der Waals surface area (Å²) in [5, 5.41) is 4.91. The number of nitrogens with one attached hydrogen (secondary N) is 2. The van der Waals surface area contributed by atoms with E-state index in [-0.39, 0.29) is 12.5 Å². The summed E-state index contributed by atoms with van der Waals surface area (Å²) >= 11 is 0. The second kappa shape index (κ2) is 7.95. The summed E-state index contributed by atoms with van der Waals surface area (Å²) in [6.45, 7) is -0.749.